The van der Waals surface area contributed by atoms with Gasteiger partial charge in [0.15, 0.2) is 0 Å². The van der Waals surface area contributed by atoms with E-state index in [2.05, 4.69) is 15.9 Å². The van der Waals surface area contributed by atoms with Crippen LogP contribution in [0.3, 0.4) is 0 Å². The van der Waals surface area contributed by atoms with E-state index in [0.717, 1.165) is 5.56 Å². The molecule has 0 spiro atoms. The van der Waals surface area contributed by atoms with Crippen molar-refractivity contribution in [3.05, 3.63) is 29.8 Å². The van der Waals surface area contributed by atoms with Crippen LogP contribution in [0.15, 0.2) is 24.3 Å². The molecule has 15 heavy (non-hydrogen) atoms. The Labute approximate surface area is 97.8 Å². The minimum Gasteiger partial charge on any atom is -0.508 e. The number of phenolic OH excluding ortho intramolecular Hbond substituents is 1. The summed E-state index contributed by atoms with van der Waals surface area (Å²) in [6, 6.07) is 7.02. The van der Waals surface area contributed by atoms with Crippen LogP contribution in [0.4, 0.5) is 0 Å². The van der Waals surface area contributed by atoms with Gasteiger partial charge in [-0.2, -0.15) is 0 Å². The molecular formula is C11H14BrNO2. The molecule has 0 aromatic heterocycles. The second kappa shape index (κ2) is 5.16. The number of alkyl halides is 1. The maximum atomic E-state index is 11.6. The van der Waals surface area contributed by atoms with Crippen LogP contribution in [0.25, 0.3) is 0 Å². The number of halogens is 1. The molecule has 1 unspecified atom stereocenters. The molecule has 0 radical (unpaired) electrons. The quantitative estimate of drug-likeness (QED) is 0.856. The summed E-state index contributed by atoms with van der Waals surface area (Å²) in [7, 11) is 1.71. The number of phenols is 1. The van der Waals surface area contributed by atoms with Crippen molar-refractivity contribution in [3.63, 3.8) is 0 Å². The molecule has 4 heteroatoms. The van der Waals surface area contributed by atoms with Gasteiger partial charge in [0.25, 0.3) is 0 Å². The smallest absolute Gasteiger partial charge is 0.236 e. The van der Waals surface area contributed by atoms with E-state index in [9.17, 15) is 9.90 Å². The molecular weight excluding hydrogens is 258 g/mol. The molecule has 82 valence electrons. The highest BCUT2D eigenvalue weighted by Crippen LogP contribution is 2.17. The van der Waals surface area contributed by atoms with Gasteiger partial charge in [-0.25, -0.2) is 0 Å². The molecule has 1 aromatic rings. The van der Waals surface area contributed by atoms with Gasteiger partial charge < -0.3 is 10.0 Å². The number of rotatable bonds is 3. The van der Waals surface area contributed by atoms with E-state index in [4.69, 9.17) is 0 Å². The van der Waals surface area contributed by atoms with Crippen molar-refractivity contribution in [1.29, 1.82) is 0 Å². The van der Waals surface area contributed by atoms with E-state index in [1.807, 2.05) is 6.07 Å². The lowest BCUT2D eigenvalue weighted by Gasteiger charge is -2.19. The number of nitrogens with zero attached hydrogens (tertiary/aromatic N) is 1. The van der Waals surface area contributed by atoms with Gasteiger partial charge in [-0.3, -0.25) is 4.79 Å². The maximum Gasteiger partial charge on any atom is 0.236 e. The van der Waals surface area contributed by atoms with E-state index >= 15 is 0 Å². The highest BCUT2D eigenvalue weighted by atomic mass is 79.9. The van der Waals surface area contributed by atoms with Gasteiger partial charge in [-0.15, -0.1) is 0 Å². The van der Waals surface area contributed by atoms with Crippen LogP contribution in [0.2, 0.25) is 0 Å². The summed E-state index contributed by atoms with van der Waals surface area (Å²) in [5.41, 5.74) is 0.751. The van der Waals surface area contributed by atoms with Crippen LogP contribution in [0.1, 0.15) is 12.5 Å². The van der Waals surface area contributed by atoms with Crippen LogP contribution in [0.5, 0.6) is 5.75 Å². The van der Waals surface area contributed by atoms with Gasteiger partial charge in [-0.05, 0) is 13.0 Å². The van der Waals surface area contributed by atoms with Crippen molar-refractivity contribution in [2.24, 2.45) is 0 Å². The number of carbonyl (C=O) groups is 1. The fourth-order valence-corrected chi connectivity index (χ4v) is 1.63. The number of aromatic hydroxyl groups is 1. The monoisotopic (exact) mass is 271 g/mol. The van der Waals surface area contributed by atoms with E-state index in [-0.39, 0.29) is 16.5 Å². The Morgan fingerprint density at radius 2 is 2.13 bits per heavy atom. The van der Waals surface area contributed by atoms with E-state index < -0.39 is 0 Å². The minimum absolute atomic E-state index is 0.00162. The molecule has 0 saturated heterocycles. The predicted molar refractivity (Wildman–Crippen MR) is 63.0 cm³/mol. The fraction of sp³-hybridized carbons (Fsp3) is 0.364. The lowest BCUT2D eigenvalue weighted by atomic mass is 10.2. The van der Waals surface area contributed by atoms with Crippen molar-refractivity contribution in [1.82, 2.24) is 4.90 Å². The van der Waals surface area contributed by atoms with Crippen molar-refractivity contribution in [3.8, 4) is 5.75 Å². The van der Waals surface area contributed by atoms with Crippen LogP contribution < -0.4 is 0 Å². The third-order valence-corrected chi connectivity index (χ3v) is 2.51. The molecule has 0 saturated carbocycles. The second-order valence-electron chi connectivity index (χ2n) is 3.44. The summed E-state index contributed by atoms with van der Waals surface area (Å²) in [6.07, 6.45) is 0. The zero-order valence-electron chi connectivity index (χ0n) is 8.77. The van der Waals surface area contributed by atoms with E-state index in [1.54, 1.807) is 37.1 Å². The molecule has 1 atom stereocenters. The molecule has 0 aliphatic carbocycles. The zero-order valence-corrected chi connectivity index (χ0v) is 10.4. The molecule has 0 bridgehead atoms. The topological polar surface area (TPSA) is 40.5 Å². The first-order chi connectivity index (χ1) is 7.02. The molecule has 1 aromatic carbocycles. The number of benzene rings is 1. The maximum absolute atomic E-state index is 11.6. The summed E-state index contributed by atoms with van der Waals surface area (Å²) in [5, 5.41) is 9.53. The van der Waals surface area contributed by atoms with Gasteiger partial charge in [-0.1, -0.05) is 34.1 Å². The first-order valence-corrected chi connectivity index (χ1v) is 5.60. The van der Waals surface area contributed by atoms with E-state index in [0.29, 0.717) is 6.54 Å². The van der Waals surface area contributed by atoms with Gasteiger partial charge in [0, 0.05) is 19.2 Å². The molecule has 1 rings (SSSR count). The summed E-state index contributed by atoms with van der Waals surface area (Å²) < 4.78 is 0. The van der Waals surface area contributed by atoms with Gasteiger partial charge in [0.1, 0.15) is 5.75 Å². The lowest BCUT2D eigenvalue weighted by molar-refractivity contribution is -0.129. The number of para-hydroxylation sites is 1. The Bertz CT molecular complexity index is 352. The SMILES string of the molecule is CC(Br)C(=O)N(C)Cc1ccccc1O. The zero-order chi connectivity index (χ0) is 11.4. The summed E-state index contributed by atoms with van der Waals surface area (Å²) in [4.78, 5) is 12.9. The third-order valence-electron chi connectivity index (χ3n) is 2.12. The third kappa shape index (κ3) is 3.23. The van der Waals surface area contributed by atoms with Gasteiger partial charge in [0.2, 0.25) is 5.91 Å². The second-order valence-corrected chi connectivity index (χ2v) is 4.81. The Morgan fingerprint density at radius 1 is 1.53 bits per heavy atom. The molecule has 1 amide bonds. The van der Waals surface area contributed by atoms with Crippen LogP contribution in [-0.4, -0.2) is 27.8 Å². The average molecular weight is 272 g/mol. The minimum atomic E-state index is -0.201. The van der Waals surface area contributed by atoms with Crippen LogP contribution in [-0.2, 0) is 11.3 Å². The normalized spacial score (nSPS) is 12.2. The van der Waals surface area contributed by atoms with E-state index in [1.165, 1.54) is 0 Å². The molecule has 3 nitrogen and oxygen atoms in total. The molecule has 0 aliphatic heterocycles. The van der Waals surface area contributed by atoms with Gasteiger partial charge in [0.05, 0.1) is 4.83 Å². The molecule has 0 aliphatic rings. The van der Waals surface area contributed by atoms with Crippen molar-refractivity contribution in [2.45, 2.75) is 18.3 Å². The van der Waals surface area contributed by atoms with Gasteiger partial charge >= 0.3 is 0 Å². The average Bonchev–Trinajstić information content (AvgIpc) is 2.20. The molecule has 1 N–H and O–H groups in total. The highest BCUT2D eigenvalue weighted by Gasteiger charge is 2.15. The Morgan fingerprint density at radius 3 is 2.67 bits per heavy atom. The summed E-state index contributed by atoms with van der Waals surface area (Å²) >= 11 is 3.22. The number of amides is 1. The number of carbonyl (C=O) groups excluding carboxylic acids is 1. The lowest BCUT2D eigenvalue weighted by Crippen LogP contribution is -2.31. The number of hydrogen-bond donors (Lipinski definition) is 1. The van der Waals surface area contributed by atoms with Crippen molar-refractivity contribution in [2.75, 3.05) is 7.05 Å². The summed E-state index contributed by atoms with van der Waals surface area (Å²) in [5.74, 6) is 0.220. The first-order valence-electron chi connectivity index (χ1n) is 4.68. The fourth-order valence-electron chi connectivity index (χ4n) is 1.28. The standard InChI is InChI=1S/C11H14BrNO2/c1-8(12)11(15)13(2)7-9-5-3-4-6-10(9)14/h3-6,8,14H,7H2,1-2H3. The van der Waals surface area contributed by atoms with Crippen molar-refractivity contribution >= 4 is 21.8 Å². The predicted octanol–water partition coefficient (Wildman–Crippen LogP) is 2.13. The molecule has 0 heterocycles. The summed E-state index contributed by atoms with van der Waals surface area (Å²) in [6.45, 7) is 2.20. The Balaban J connectivity index is 2.71. The largest absolute Gasteiger partial charge is 0.508 e. The Kier molecular flexibility index (Phi) is 4.15. The highest BCUT2D eigenvalue weighted by molar-refractivity contribution is 9.10. The Hall–Kier alpha value is -1.03. The first kappa shape index (κ1) is 12.0. The van der Waals surface area contributed by atoms with Crippen LogP contribution >= 0.6 is 15.9 Å². The van der Waals surface area contributed by atoms with Crippen molar-refractivity contribution < 1.29 is 9.90 Å². The van der Waals surface area contributed by atoms with Crippen LogP contribution in [0, 0.1) is 0 Å². The molecule has 0 fully saturated rings. The number of hydrogen-bond acceptors (Lipinski definition) is 2.